The van der Waals surface area contributed by atoms with Crippen LogP contribution in [0, 0.1) is 0 Å². The van der Waals surface area contributed by atoms with Crippen LogP contribution in [-0.4, -0.2) is 0 Å². The molecule has 0 radical (unpaired) electrons. The molecule has 0 saturated carbocycles. The molecule has 0 saturated heterocycles. The summed E-state index contributed by atoms with van der Waals surface area (Å²) in [5, 5.41) is 21.0. The van der Waals surface area contributed by atoms with Crippen LogP contribution in [0.15, 0.2) is 206 Å². The average molecular weight is 731 g/mol. The molecule has 0 aromatic heterocycles. The normalized spacial score (nSPS) is 12.1. The zero-order valence-electron chi connectivity index (χ0n) is 31.6. The van der Waals surface area contributed by atoms with Crippen LogP contribution in [0.25, 0.3) is 131 Å². The summed E-state index contributed by atoms with van der Waals surface area (Å²) in [4.78, 5) is 0. The average Bonchev–Trinajstić information content (AvgIpc) is 3.80. The zero-order valence-corrected chi connectivity index (χ0v) is 31.6. The van der Waals surface area contributed by atoms with E-state index in [-0.39, 0.29) is 0 Å². The summed E-state index contributed by atoms with van der Waals surface area (Å²) in [7, 11) is 0. The third-order valence-electron chi connectivity index (χ3n) is 12.9. The minimum atomic E-state index is 1.24. The van der Waals surface area contributed by atoms with Gasteiger partial charge in [0.1, 0.15) is 0 Å². The molecule has 0 bridgehead atoms. The van der Waals surface area contributed by atoms with Gasteiger partial charge in [-0.3, -0.25) is 0 Å². The Kier molecular flexibility index (Phi) is 6.54. The summed E-state index contributed by atoms with van der Waals surface area (Å²) in [6.07, 6.45) is 0. The predicted molar refractivity (Wildman–Crippen MR) is 251 cm³/mol. The lowest BCUT2D eigenvalue weighted by atomic mass is 9.84. The molecule has 0 unspecified atom stereocenters. The van der Waals surface area contributed by atoms with Crippen molar-refractivity contribution in [2.75, 3.05) is 0 Å². The van der Waals surface area contributed by atoms with Gasteiger partial charge in [0.25, 0.3) is 0 Å². The van der Waals surface area contributed by atoms with E-state index in [2.05, 4.69) is 206 Å². The molecule has 13 aromatic rings. The maximum Gasteiger partial charge on any atom is -0.000719 e. The van der Waals surface area contributed by atoms with Gasteiger partial charge in [0.2, 0.25) is 0 Å². The summed E-state index contributed by atoms with van der Waals surface area (Å²) < 4.78 is 0. The lowest BCUT2D eigenvalue weighted by Gasteiger charge is -2.19. The van der Waals surface area contributed by atoms with Crippen LogP contribution in [0.5, 0.6) is 0 Å². The van der Waals surface area contributed by atoms with Crippen molar-refractivity contribution in [3.05, 3.63) is 206 Å². The van der Waals surface area contributed by atoms with E-state index >= 15 is 0 Å². The summed E-state index contributed by atoms with van der Waals surface area (Å²) in [5.41, 5.74) is 10.1. The molecule has 0 aliphatic heterocycles. The highest BCUT2D eigenvalue weighted by Crippen LogP contribution is 2.55. The first kappa shape index (κ1) is 31.6. The third kappa shape index (κ3) is 4.35. The molecule has 0 amide bonds. The monoisotopic (exact) mass is 730 g/mol. The van der Waals surface area contributed by atoms with E-state index in [1.54, 1.807) is 0 Å². The molecule has 0 N–H and O–H groups in total. The number of hydrogen-bond donors (Lipinski definition) is 0. The Labute approximate surface area is 335 Å². The lowest BCUT2D eigenvalue weighted by Crippen LogP contribution is -1.91. The minimum absolute atomic E-state index is 1.24. The van der Waals surface area contributed by atoms with Gasteiger partial charge < -0.3 is 0 Å². The van der Waals surface area contributed by atoms with E-state index in [0.29, 0.717) is 0 Å². The fourth-order valence-electron chi connectivity index (χ4n) is 10.5. The van der Waals surface area contributed by atoms with E-state index in [1.165, 1.54) is 131 Å². The third-order valence-corrected chi connectivity index (χ3v) is 12.9. The molecule has 266 valence electrons. The van der Waals surface area contributed by atoms with Crippen molar-refractivity contribution in [3.63, 3.8) is 0 Å². The molecule has 0 heterocycles. The van der Waals surface area contributed by atoms with Crippen LogP contribution >= 0.6 is 0 Å². The Morgan fingerprint density at radius 1 is 0.190 bits per heavy atom. The van der Waals surface area contributed by atoms with Gasteiger partial charge in [-0.05, 0) is 149 Å². The van der Waals surface area contributed by atoms with Gasteiger partial charge in [0.05, 0.1) is 0 Å². The van der Waals surface area contributed by atoms with Crippen molar-refractivity contribution in [1.82, 2.24) is 0 Å². The lowest BCUT2D eigenvalue weighted by molar-refractivity contribution is 1.64. The molecule has 0 fully saturated rings. The first-order valence-corrected chi connectivity index (χ1v) is 20.3. The van der Waals surface area contributed by atoms with Gasteiger partial charge in [-0.15, -0.1) is 0 Å². The Morgan fingerprint density at radius 2 is 0.672 bits per heavy atom. The van der Waals surface area contributed by atoms with Crippen LogP contribution < -0.4 is 0 Å². The summed E-state index contributed by atoms with van der Waals surface area (Å²) in [5.74, 6) is 0. The number of hydrogen-bond acceptors (Lipinski definition) is 0. The summed E-state index contributed by atoms with van der Waals surface area (Å²) >= 11 is 0. The molecule has 13 rings (SSSR count). The van der Waals surface area contributed by atoms with Gasteiger partial charge >= 0.3 is 0 Å². The molecular formula is C58H34. The zero-order chi connectivity index (χ0) is 37.9. The van der Waals surface area contributed by atoms with Crippen molar-refractivity contribution in [2.45, 2.75) is 0 Å². The van der Waals surface area contributed by atoms with E-state index < -0.39 is 0 Å². The number of fused-ring (bicyclic) bond motifs is 9. The second kappa shape index (κ2) is 12.0. The quantitative estimate of drug-likeness (QED) is 0.158. The Morgan fingerprint density at radius 3 is 1.38 bits per heavy atom. The van der Waals surface area contributed by atoms with Gasteiger partial charge in [-0.2, -0.15) is 0 Å². The van der Waals surface area contributed by atoms with Crippen molar-refractivity contribution in [3.8, 4) is 44.5 Å². The fraction of sp³-hybridized carbons (Fsp3) is 0. The maximum absolute atomic E-state index is 2.52. The maximum atomic E-state index is 2.52. The largest absolute Gasteiger partial charge is 0.0622 e. The molecular weight excluding hydrogens is 697 g/mol. The highest BCUT2D eigenvalue weighted by atomic mass is 14.3. The summed E-state index contributed by atoms with van der Waals surface area (Å²) in [6, 6.07) is 76.9. The first-order chi connectivity index (χ1) is 28.8. The molecule has 58 heavy (non-hydrogen) atoms. The second-order valence-corrected chi connectivity index (χ2v) is 15.9. The predicted octanol–water partition coefficient (Wildman–Crippen LogP) is 16.5. The first-order valence-electron chi connectivity index (χ1n) is 20.3. The van der Waals surface area contributed by atoms with Gasteiger partial charge in [-0.1, -0.05) is 188 Å². The molecule has 0 nitrogen and oxygen atoms in total. The van der Waals surface area contributed by atoms with Crippen molar-refractivity contribution in [2.24, 2.45) is 0 Å². The van der Waals surface area contributed by atoms with Crippen LogP contribution in [-0.2, 0) is 0 Å². The van der Waals surface area contributed by atoms with E-state index in [0.717, 1.165) is 0 Å². The molecule has 0 spiro atoms. The van der Waals surface area contributed by atoms with Crippen LogP contribution in [0.3, 0.4) is 0 Å². The van der Waals surface area contributed by atoms with Gasteiger partial charge in [0.15, 0.2) is 0 Å². The molecule has 0 aliphatic rings. The topological polar surface area (TPSA) is 0 Å². The fourth-order valence-corrected chi connectivity index (χ4v) is 10.5. The second-order valence-electron chi connectivity index (χ2n) is 15.9. The standard InChI is InChI=1S/C58H34/c1-4-14-35(15-5-1)38-26-27-40-33-41(29-28-39(40)32-38)42-30-31-49-54-45(42)22-12-25-48(54)58-53(37-18-8-3-9-19-37)56-47-24-13-23-46-43-20-10-11-21-44(43)50(55(46)47)34-51(56)52(57(49)58)36-16-6-2-7-17-36/h1-34H. The van der Waals surface area contributed by atoms with Crippen molar-refractivity contribution < 1.29 is 0 Å². The molecule has 0 heteroatoms. The van der Waals surface area contributed by atoms with Crippen LogP contribution in [0.2, 0.25) is 0 Å². The van der Waals surface area contributed by atoms with E-state index in [4.69, 9.17) is 0 Å². The van der Waals surface area contributed by atoms with E-state index in [9.17, 15) is 0 Å². The molecule has 0 atom stereocenters. The smallest absolute Gasteiger partial charge is 0.000719 e. The molecule has 0 aliphatic carbocycles. The van der Waals surface area contributed by atoms with Crippen LogP contribution in [0.4, 0.5) is 0 Å². The van der Waals surface area contributed by atoms with Crippen LogP contribution in [0.1, 0.15) is 0 Å². The Hall–Kier alpha value is -7.54. The molecule has 13 aromatic carbocycles. The number of benzene rings is 11. The highest BCUT2D eigenvalue weighted by Gasteiger charge is 2.27. The Balaban J connectivity index is 1.18. The SMILES string of the molecule is c1ccc(-c2ccc3cc(-c4ccc5c6c(-c7ccccc7)c7cc8c9ccccc9c9cccc(c7c(-c7ccccc7)c6c6cccc4c56)c98)ccc3c2)cc1. The van der Waals surface area contributed by atoms with Crippen molar-refractivity contribution >= 4 is 86.2 Å². The van der Waals surface area contributed by atoms with E-state index in [1.807, 2.05) is 0 Å². The number of rotatable bonds is 4. The highest BCUT2D eigenvalue weighted by molar-refractivity contribution is 6.45. The van der Waals surface area contributed by atoms with Crippen molar-refractivity contribution in [1.29, 1.82) is 0 Å². The minimum Gasteiger partial charge on any atom is -0.0622 e. The summed E-state index contributed by atoms with van der Waals surface area (Å²) in [6.45, 7) is 0. The van der Waals surface area contributed by atoms with Gasteiger partial charge in [-0.25, -0.2) is 0 Å². The Bertz CT molecular complexity index is 3750. The van der Waals surface area contributed by atoms with Gasteiger partial charge in [0, 0.05) is 0 Å².